The number of hydrogen-bond acceptors (Lipinski definition) is 3. The fourth-order valence-corrected chi connectivity index (χ4v) is 1.92. The van der Waals surface area contributed by atoms with E-state index < -0.39 is 5.82 Å². The molecule has 0 saturated heterocycles. The van der Waals surface area contributed by atoms with Crippen LogP contribution in [0.15, 0.2) is 71.1 Å². The Balaban J connectivity index is 3.23. The molecule has 0 aromatic heterocycles. The van der Waals surface area contributed by atoms with E-state index >= 15 is 0 Å². The lowest BCUT2D eigenvalue weighted by atomic mass is 10.1. The first-order chi connectivity index (χ1) is 11.9. The van der Waals surface area contributed by atoms with E-state index in [1.165, 1.54) is 12.1 Å². The molecule has 2 N–H and O–H groups in total. The van der Waals surface area contributed by atoms with E-state index in [0.29, 0.717) is 11.3 Å². The molecule has 0 saturated carbocycles. The Morgan fingerprint density at radius 1 is 1.44 bits per heavy atom. The molecule has 134 valence electrons. The topological polar surface area (TPSA) is 47.6 Å². The zero-order valence-corrected chi connectivity index (χ0v) is 15.6. The van der Waals surface area contributed by atoms with Crippen LogP contribution in [0.4, 0.5) is 4.39 Å². The first-order valence-corrected chi connectivity index (χ1v) is 8.31. The van der Waals surface area contributed by atoms with Crippen LogP contribution in [0, 0.1) is 5.82 Å². The largest absolute Gasteiger partial charge is 0.501 e. The van der Waals surface area contributed by atoms with Crippen LogP contribution in [-0.4, -0.2) is 19.4 Å². The van der Waals surface area contributed by atoms with Gasteiger partial charge in [-0.15, -0.1) is 0 Å². The Morgan fingerprint density at radius 2 is 2.16 bits per heavy atom. The molecule has 3 nitrogen and oxygen atoms in total. The van der Waals surface area contributed by atoms with Gasteiger partial charge in [0, 0.05) is 12.3 Å². The smallest absolute Gasteiger partial charge is 0.142 e. The van der Waals surface area contributed by atoms with E-state index in [-0.39, 0.29) is 11.1 Å². The zero-order valence-electron chi connectivity index (χ0n) is 14.8. The highest BCUT2D eigenvalue weighted by atomic mass is 35.5. The quantitative estimate of drug-likeness (QED) is 0.393. The average molecular weight is 363 g/mol. The van der Waals surface area contributed by atoms with E-state index in [1.807, 2.05) is 32.1 Å². The Hall–Kier alpha value is -2.17. The number of ether oxygens (including phenoxy) is 1. The number of rotatable bonds is 8. The highest BCUT2D eigenvalue weighted by Gasteiger charge is 2.04. The SMILES string of the molecule is C=CC(=C\C=C(/C)OC)/C(=C/C(N)CC)N=Cc1ccc(Cl)c(F)c1. The standard InChI is InChI=1S/C20H24ClFN2O/c1-5-16(9-7-14(3)25-4)20(12-17(23)6-2)24-13-15-8-10-18(21)19(22)11-15/h5,7-13,17H,1,6,23H2,2-4H3/b14-7+,16-9+,20-12-,24-13?. The van der Waals surface area contributed by atoms with Crippen LogP contribution in [0.25, 0.3) is 0 Å². The van der Waals surface area contributed by atoms with Gasteiger partial charge < -0.3 is 10.5 Å². The van der Waals surface area contributed by atoms with Crippen molar-refractivity contribution in [3.8, 4) is 0 Å². The summed E-state index contributed by atoms with van der Waals surface area (Å²) in [7, 11) is 1.60. The lowest BCUT2D eigenvalue weighted by Gasteiger charge is -2.08. The van der Waals surface area contributed by atoms with E-state index in [2.05, 4.69) is 11.6 Å². The molecule has 1 aromatic rings. The summed E-state index contributed by atoms with van der Waals surface area (Å²) in [5, 5.41) is 0.0766. The molecule has 0 fully saturated rings. The van der Waals surface area contributed by atoms with E-state index in [4.69, 9.17) is 22.1 Å². The van der Waals surface area contributed by atoms with Crippen molar-refractivity contribution in [3.05, 3.63) is 82.5 Å². The second kappa shape index (κ2) is 10.6. The molecular formula is C20H24ClFN2O. The Labute approximate surface area is 154 Å². The molecular weight excluding hydrogens is 339 g/mol. The molecule has 5 heteroatoms. The lowest BCUT2D eigenvalue weighted by Crippen LogP contribution is -2.15. The van der Waals surface area contributed by atoms with Crippen molar-refractivity contribution in [1.29, 1.82) is 0 Å². The summed E-state index contributed by atoms with van der Waals surface area (Å²) < 4.78 is 18.7. The third-order valence-electron chi connectivity index (χ3n) is 3.47. The van der Waals surface area contributed by atoms with Gasteiger partial charge in [-0.1, -0.05) is 37.2 Å². The van der Waals surface area contributed by atoms with Gasteiger partial charge >= 0.3 is 0 Å². The summed E-state index contributed by atoms with van der Waals surface area (Å²) in [6.45, 7) is 7.66. The molecule has 0 aliphatic carbocycles. The lowest BCUT2D eigenvalue weighted by molar-refractivity contribution is 0.294. The highest BCUT2D eigenvalue weighted by molar-refractivity contribution is 6.30. The third kappa shape index (κ3) is 7.08. The average Bonchev–Trinajstić information content (AvgIpc) is 2.61. The van der Waals surface area contributed by atoms with Gasteiger partial charge in [0.2, 0.25) is 0 Å². The van der Waals surface area contributed by atoms with Gasteiger partial charge in [0.25, 0.3) is 0 Å². The summed E-state index contributed by atoms with van der Waals surface area (Å²) >= 11 is 5.70. The molecule has 1 unspecified atom stereocenters. The van der Waals surface area contributed by atoms with Crippen molar-refractivity contribution < 1.29 is 9.13 Å². The van der Waals surface area contributed by atoms with Gasteiger partial charge in [-0.05, 0) is 54.8 Å². The van der Waals surface area contributed by atoms with Gasteiger partial charge in [-0.2, -0.15) is 0 Å². The summed E-state index contributed by atoms with van der Waals surface area (Å²) in [5.74, 6) is 0.266. The van der Waals surface area contributed by atoms with Gasteiger partial charge in [0.05, 0.1) is 23.6 Å². The van der Waals surface area contributed by atoms with Gasteiger partial charge in [0.15, 0.2) is 0 Å². The van der Waals surface area contributed by atoms with E-state index in [0.717, 1.165) is 17.8 Å². The molecule has 0 radical (unpaired) electrons. The number of methoxy groups -OCH3 is 1. The minimum atomic E-state index is -0.487. The molecule has 0 aliphatic heterocycles. The number of hydrogen-bond donors (Lipinski definition) is 1. The second-order valence-electron chi connectivity index (χ2n) is 5.36. The first-order valence-electron chi connectivity index (χ1n) is 7.93. The molecule has 0 spiro atoms. The maximum Gasteiger partial charge on any atom is 0.142 e. The van der Waals surface area contributed by atoms with Crippen molar-refractivity contribution in [1.82, 2.24) is 0 Å². The van der Waals surface area contributed by atoms with Crippen molar-refractivity contribution in [2.45, 2.75) is 26.3 Å². The predicted molar refractivity (Wildman–Crippen MR) is 104 cm³/mol. The number of allylic oxidation sites excluding steroid dienone is 4. The minimum Gasteiger partial charge on any atom is -0.501 e. The number of aliphatic imine (C=N–C) groups is 1. The molecule has 25 heavy (non-hydrogen) atoms. The van der Waals surface area contributed by atoms with Crippen LogP contribution in [0.5, 0.6) is 0 Å². The van der Waals surface area contributed by atoms with E-state index in [1.54, 1.807) is 25.5 Å². The van der Waals surface area contributed by atoms with Crippen LogP contribution in [0.2, 0.25) is 5.02 Å². The monoisotopic (exact) mass is 362 g/mol. The van der Waals surface area contributed by atoms with Crippen molar-refractivity contribution in [2.75, 3.05) is 7.11 Å². The van der Waals surface area contributed by atoms with Gasteiger partial charge in [0.1, 0.15) is 5.82 Å². The zero-order chi connectivity index (χ0) is 18.8. The Kier molecular flexibility index (Phi) is 8.89. The van der Waals surface area contributed by atoms with Crippen LogP contribution < -0.4 is 5.73 Å². The molecule has 1 atom stereocenters. The predicted octanol–water partition coefficient (Wildman–Crippen LogP) is 5.18. The van der Waals surface area contributed by atoms with Crippen LogP contribution in [0.1, 0.15) is 25.8 Å². The fraction of sp³-hybridized carbons (Fsp3) is 0.250. The number of benzene rings is 1. The van der Waals surface area contributed by atoms with E-state index in [9.17, 15) is 4.39 Å². The van der Waals surface area contributed by atoms with Crippen molar-refractivity contribution >= 4 is 17.8 Å². The normalized spacial score (nSPS) is 14.7. The molecule has 0 amide bonds. The van der Waals surface area contributed by atoms with Crippen LogP contribution in [-0.2, 0) is 4.74 Å². The van der Waals surface area contributed by atoms with Crippen LogP contribution >= 0.6 is 11.6 Å². The number of halogens is 2. The van der Waals surface area contributed by atoms with Crippen molar-refractivity contribution in [2.24, 2.45) is 10.7 Å². The molecule has 1 rings (SSSR count). The third-order valence-corrected chi connectivity index (χ3v) is 3.78. The first kappa shape index (κ1) is 20.9. The molecule has 0 heterocycles. The Bertz CT molecular complexity index is 720. The number of nitrogens with two attached hydrogens (primary N) is 1. The second-order valence-corrected chi connectivity index (χ2v) is 5.77. The molecule has 1 aromatic carbocycles. The molecule has 0 bridgehead atoms. The van der Waals surface area contributed by atoms with Crippen LogP contribution in [0.3, 0.4) is 0 Å². The van der Waals surface area contributed by atoms with Crippen molar-refractivity contribution in [3.63, 3.8) is 0 Å². The number of nitrogens with zero attached hydrogens (tertiary/aromatic N) is 1. The van der Waals surface area contributed by atoms with Gasteiger partial charge in [-0.3, -0.25) is 4.99 Å². The molecule has 0 aliphatic rings. The summed E-state index contributed by atoms with van der Waals surface area (Å²) in [6.07, 6.45) is 9.54. The maximum atomic E-state index is 13.6. The summed E-state index contributed by atoms with van der Waals surface area (Å²) in [5.41, 5.74) is 8.07. The Morgan fingerprint density at radius 3 is 2.72 bits per heavy atom. The minimum absolute atomic E-state index is 0.0766. The summed E-state index contributed by atoms with van der Waals surface area (Å²) in [4.78, 5) is 4.46. The van der Waals surface area contributed by atoms with Gasteiger partial charge in [-0.25, -0.2) is 4.39 Å². The fourth-order valence-electron chi connectivity index (χ4n) is 1.80. The summed E-state index contributed by atoms with van der Waals surface area (Å²) in [6, 6.07) is 4.37. The maximum absolute atomic E-state index is 13.6. The highest BCUT2D eigenvalue weighted by Crippen LogP contribution is 2.17.